The van der Waals surface area contributed by atoms with E-state index in [-0.39, 0.29) is 36.1 Å². The van der Waals surface area contributed by atoms with Crippen LogP contribution in [0, 0.1) is 5.82 Å². The molecule has 0 amide bonds. The molecular weight excluding hydrogens is 439 g/mol. The van der Waals surface area contributed by atoms with Crippen LogP contribution in [0.25, 0.3) is 22.4 Å². The third-order valence-electron chi connectivity index (χ3n) is 5.15. The number of hydrogen-bond acceptors (Lipinski definition) is 7. The molecule has 9 heteroatoms. The van der Waals surface area contributed by atoms with Gasteiger partial charge in [-0.05, 0) is 48.0 Å². The Kier molecular flexibility index (Phi) is 5.65. The number of ether oxygens (including phenoxy) is 1. The Bertz CT molecular complexity index is 1540. The number of carbonyl (C=O) groups excluding carboxylic acids is 1. The zero-order valence-electron chi connectivity index (χ0n) is 17.7. The summed E-state index contributed by atoms with van der Waals surface area (Å²) in [5.41, 5.74) is 1.87. The number of halogens is 1. The van der Waals surface area contributed by atoms with Crippen LogP contribution in [-0.2, 0) is 17.8 Å². The molecule has 2 heterocycles. The number of esters is 1. The van der Waals surface area contributed by atoms with Crippen LogP contribution in [0.3, 0.4) is 0 Å². The van der Waals surface area contributed by atoms with Crippen LogP contribution in [0.2, 0.25) is 0 Å². The quantitative estimate of drug-likeness (QED) is 0.384. The smallest absolute Gasteiger partial charge is 0.338 e. The molecule has 0 unspecified atom stereocenters. The van der Waals surface area contributed by atoms with Gasteiger partial charge in [-0.15, -0.1) is 0 Å². The lowest BCUT2D eigenvalue weighted by Gasteiger charge is -2.09. The van der Waals surface area contributed by atoms with Gasteiger partial charge in [0, 0.05) is 12.0 Å². The van der Waals surface area contributed by atoms with E-state index in [1.54, 1.807) is 42.5 Å². The molecule has 0 radical (unpaired) electrons. The second-order valence-electron chi connectivity index (χ2n) is 7.46. The van der Waals surface area contributed by atoms with Crippen LogP contribution >= 0.6 is 0 Å². The van der Waals surface area contributed by atoms with Crippen molar-refractivity contribution in [3.8, 4) is 11.5 Å². The Hall–Kier alpha value is -4.66. The highest BCUT2D eigenvalue weighted by molar-refractivity contribution is 5.91. The van der Waals surface area contributed by atoms with E-state index in [4.69, 9.17) is 9.26 Å². The summed E-state index contributed by atoms with van der Waals surface area (Å²) in [7, 11) is 0. The highest BCUT2D eigenvalue weighted by Gasteiger charge is 2.16. The number of rotatable bonds is 6. The number of fused-ring (bicyclic) bond motifs is 1. The van der Waals surface area contributed by atoms with E-state index in [9.17, 15) is 14.0 Å². The monoisotopic (exact) mass is 456 g/mol. The number of benzene rings is 3. The third kappa shape index (κ3) is 4.44. The van der Waals surface area contributed by atoms with Crippen LogP contribution in [0.15, 0.2) is 82.1 Å². The lowest BCUT2D eigenvalue weighted by molar-refractivity contribution is 0.0458. The molecule has 0 aliphatic heterocycles. The van der Waals surface area contributed by atoms with Crippen LogP contribution in [-0.4, -0.2) is 26.1 Å². The van der Waals surface area contributed by atoms with Gasteiger partial charge < -0.3 is 14.2 Å². The summed E-state index contributed by atoms with van der Waals surface area (Å²) in [4.78, 5) is 36.6. The Morgan fingerprint density at radius 1 is 0.971 bits per heavy atom. The minimum atomic E-state index is -0.577. The van der Waals surface area contributed by atoms with Gasteiger partial charge in [-0.2, -0.15) is 4.98 Å². The van der Waals surface area contributed by atoms with Gasteiger partial charge in [-0.3, -0.25) is 4.79 Å². The molecule has 5 aromatic rings. The van der Waals surface area contributed by atoms with E-state index in [0.717, 1.165) is 0 Å². The largest absolute Gasteiger partial charge is 0.454 e. The Morgan fingerprint density at radius 3 is 2.59 bits per heavy atom. The van der Waals surface area contributed by atoms with Crippen molar-refractivity contribution in [2.75, 3.05) is 0 Å². The summed E-state index contributed by atoms with van der Waals surface area (Å²) in [5.74, 6) is -0.152. The van der Waals surface area contributed by atoms with Gasteiger partial charge in [-0.1, -0.05) is 35.5 Å². The van der Waals surface area contributed by atoms with Gasteiger partial charge in [0.25, 0.3) is 11.4 Å². The molecule has 1 N–H and O–H groups in total. The van der Waals surface area contributed by atoms with Gasteiger partial charge in [-0.25, -0.2) is 14.2 Å². The lowest BCUT2D eigenvalue weighted by Crippen LogP contribution is -2.14. The van der Waals surface area contributed by atoms with Crippen LogP contribution in [0.5, 0.6) is 0 Å². The maximum absolute atomic E-state index is 13.1. The zero-order valence-corrected chi connectivity index (χ0v) is 17.7. The first kappa shape index (κ1) is 21.2. The first-order valence-electron chi connectivity index (χ1n) is 10.4. The first-order chi connectivity index (χ1) is 16.6. The Labute approximate surface area is 192 Å². The number of nitrogens with one attached hydrogen (secondary N) is 1. The topological polar surface area (TPSA) is 111 Å². The number of aromatic nitrogens is 4. The Morgan fingerprint density at radius 2 is 1.74 bits per heavy atom. The maximum atomic E-state index is 13.1. The predicted octanol–water partition coefficient (Wildman–Crippen LogP) is 4.06. The fraction of sp³-hybridized carbons (Fsp3) is 0.0800. The molecule has 0 aliphatic carbocycles. The minimum absolute atomic E-state index is 0.172. The van der Waals surface area contributed by atoms with Gasteiger partial charge in [0.15, 0.2) is 6.61 Å². The van der Waals surface area contributed by atoms with Gasteiger partial charge in [0.2, 0.25) is 5.82 Å². The van der Waals surface area contributed by atoms with E-state index in [1.807, 2.05) is 6.07 Å². The highest BCUT2D eigenvalue weighted by atomic mass is 19.1. The molecule has 0 saturated heterocycles. The first-order valence-corrected chi connectivity index (χ1v) is 10.4. The van der Waals surface area contributed by atoms with Crippen LogP contribution < -0.4 is 5.56 Å². The van der Waals surface area contributed by atoms with Gasteiger partial charge >= 0.3 is 5.97 Å². The Balaban J connectivity index is 1.31. The van der Waals surface area contributed by atoms with Crippen molar-refractivity contribution >= 4 is 16.9 Å². The summed E-state index contributed by atoms with van der Waals surface area (Å²) in [6, 6.07) is 19.6. The molecule has 0 atom stereocenters. The van der Waals surface area contributed by atoms with E-state index in [2.05, 4.69) is 20.1 Å². The SMILES string of the molecule is O=C(OCc1noc(-c2ccc(F)cc2)n1)c1ccccc1Cc1nc2ccccc2c(=O)[nH]1. The predicted molar refractivity (Wildman–Crippen MR) is 120 cm³/mol. The van der Waals surface area contributed by atoms with E-state index in [0.29, 0.717) is 33.4 Å². The fourth-order valence-electron chi connectivity index (χ4n) is 3.50. The van der Waals surface area contributed by atoms with E-state index >= 15 is 0 Å². The minimum Gasteiger partial charge on any atom is -0.454 e. The van der Waals surface area contributed by atoms with Crippen molar-refractivity contribution in [1.82, 2.24) is 20.1 Å². The number of hydrogen-bond donors (Lipinski definition) is 1. The number of aromatic amines is 1. The zero-order chi connectivity index (χ0) is 23.5. The normalized spacial score (nSPS) is 11.0. The summed E-state index contributed by atoms with van der Waals surface area (Å²) in [6.45, 7) is -0.205. The highest BCUT2D eigenvalue weighted by Crippen LogP contribution is 2.19. The number of H-pyrrole nitrogens is 1. The van der Waals surface area contributed by atoms with Crippen LogP contribution in [0.1, 0.15) is 27.6 Å². The third-order valence-corrected chi connectivity index (χ3v) is 5.15. The molecule has 0 aliphatic rings. The second kappa shape index (κ2) is 9.07. The summed E-state index contributed by atoms with van der Waals surface area (Å²) < 4.78 is 23.6. The van der Waals surface area contributed by atoms with Crippen molar-refractivity contribution < 1.29 is 18.4 Å². The van der Waals surface area contributed by atoms with Crippen molar-refractivity contribution in [2.45, 2.75) is 13.0 Å². The molecule has 8 nitrogen and oxygen atoms in total. The number of para-hydroxylation sites is 1. The molecular formula is C25H17FN4O4. The average Bonchev–Trinajstić information content (AvgIpc) is 3.32. The summed E-state index contributed by atoms with van der Waals surface area (Å²) >= 11 is 0. The van der Waals surface area contributed by atoms with Crippen molar-refractivity contribution in [2.24, 2.45) is 0 Å². The molecule has 34 heavy (non-hydrogen) atoms. The lowest BCUT2D eigenvalue weighted by atomic mass is 10.0. The van der Waals surface area contributed by atoms with Crippen LogP contribution in [0.4, 0.5) is 4.39 Å². The summed E-state index contributed by atoms with van der Waals surface area (Å²) in [5, 5.41) is 4.30. The van der Waals surface area contributed by atoms with Crippen molar-refractivity contribution in [1.29, 1.82) is 0 Å². The van der Waals surface area contributed by atoms with E-state index < -0.39 is 5.97 Å². The number of nitrogens with zero attached hydrogens (tertiary/aromatic N) is 3. The molecule has 3 aromatic carbocycles. The maximum Gasteiger partial charge on any atom is 0.338 e. The molecule has 0 spiro atoms. The second-order valence-corrected chi connectivity index (χ2v) is 7.46. The van der Waals surface area contributed by atoms with Gasteiger partial charge in [0.05, 0.1) is 16.5 Å². The molecule has 168 valence electrons. The summed E-state index contributed by atoms with van der Waals surface area (Å²) in [6.07, 6.45) is 0.238. The van der Waals surface area contributed by atoms with Gasteiger partial charge in [0.1, 0.15) is 11.6 Å². The fourth-order valence-corrected chi connectivity index (χ4v) is 3.50. The standard InChI is InChI=1S/C25H17FN4O4/c26-17-11-9-15(10-12-17)24-29-22(30-34-24)14-33-25(32)18-6-2-1-5-16(18)13-21-27-20-8-4-3-7-19(20)23(31)28-21/h1-12H,13-14H2,(H,27,28,31). The number of carbonyl (C=O) groups is 1. The van der Waals surface area contributed by atoms with Crippen molar-refractivity contribution in [3.63, 3.8) is 0 Å². The molecule has 2 aromatic heterocycles. The molecule has 5 rings (SSSR count). The van der Waals surface area contributed by atoms with Crippen molar-refractivity contribution in [3.05, 3.63) is 112 Å². The average molecular weight is 456 g/mol. The molecule has 0 saturated carbocycles. The molecule has 0 fully saturated rings. The van der Waals surface area contributed by atoms with E-state index in [1.165, 1.54) is 24.3 Å². The molecule has 0 bridgehead atoms.